The molecule has 0 saturated heterocycles. The van der Waals surface area contributed by atoms with E-state index in [4.69, 9.17) is 0 Å². The highest BCUT2D eigenvalue weighted by atomic mass is 79.9. The van der Waals surface area contributed by atoms with Gasteiger partial charge in [-0.05, 0) is 44.9 Å². The Morgan fingerprint density at radius 3 is 0.758 bits per heavy atom. The standard InChI is InChI=1S/C28H63N3P.BrH/c1-8-15-22-29(23-16-9-2)32(28-21-14-7,30(24-17-10-3)25-18-11-4)31(26-19-12-5)27-20-13-6;/h8-28H2,1-7H3;1H/q+1;/p-1. The molecule has 0 aromatic heterocycles. The number of unbranched alkanes of at least 4 members (excludes halogenated alkanes) is 7. The Bertz CT molecular complexity index is 323. The highest BCUT2D eigenvalue weighted by molar-refractivity contribution is 7.69. The smallest absolute Gasteiger partial charge is 0.227 e. The van der Waals surface area contributed by atoms with Crippen molar-refractivity contribution in [3.63, 3.8) is 0 Å². The molecule has 0 rings (SSSR count). The van der Waals surface area contributed by atoms with Crippen LogP contribution in [0.25, 0.3) is 0 Å². The lowest BCUT2D eigenvalue weighted by Crippen LogP contribution is -3.00. The van der Waals surface area contributed by atoms with Crippen LogP contribution in [0.4, 0.5) is 0 Å². The molecule has 0 saturated carbocycles. The maximum atomic E-state index is 3.09. The second kappa shape index (κ2) is 24.5. The van der Waals surface area contributed by atoms with Crippen LogP contribution in [0.2, 0.25) is 0 Å². The van der Waals surface area contributed by atoms with Crippen LogP contribution in [-0.4, -0.2) is 59.4 Å². The Labute approximate surface area is 222 Å². The van der Waals surface area contributed by atoms with E-state index >= 15 is 0 Å². The van der Waals surface area contributed by atoms with Gasteiger partial charge in [0.15, 0.2) is 0 Å². The molecule has 5 heteroatoms. The third kappa shape index (κ3) is 13.6. The molecule has 0 fully saturated rings. The van der Waals surface area contributed by atoms with E-state index in [0.29, 0.717) is 0 Å². The summed E-state index contributed by atoms with van der Waals surface area (Å²) < 4.78 is 9.27. The maximum Gasteiger partial charge on any atom is 0.227 e. The third-order valence-electron chi connectivity index (χ3n) is 6.79. The minimum Gasteiger partial charge on any atom is -1.00 e. The van der Waals surface area contributed by atoms with Crippen LogP contribution in [0.1, 0.15) is 138 Å². The van der Waals surface area contributed by atoms with Crippen molar-refractivity contribution in [3.8, 4) is 0 Å². The fourth-order valence-electron chi connectivity index (χ4n) is 4.67. The van der Waals surface area contributed by atoms with Crippen LogP contribution in [0.3, 0.4) is 0 Å². The highest BCUT2D eigenvalue weighted by Gasteiger charge is 2.54. The minimum atomic E-state index is -1.52. The molecule has 33 heavy (non-hydrogen) atoms. The van der Waals surface area contributed by atoms with Gasteiger partial charge in [0, 0.05) is 39.3 Å². The monoisotopic (exact) mass is 551 g/mol. The first-order valence-corrected chi connectivity index (χ1v) is 16.6. The van der Waals surface area contributed by atoms with Crippen molar-refractivity contribution in [2.75, 3.05) is 45.4 Å². The molecular formula is C28H63BrN3P. The normalized spacial score (nSPS) is 12.2. The third-order valence-corrected chi connectivity index (χ3v) is 11.6. The van der Waals surface area contributed by atoms with Crippen LogP contribution >= 0.6 is 7.71 Å². The molecule has 0 bridgehead atoms. The summed E-state index contributed by atoms with van der Waals surface area (Å²) in [6, 6.07) is 0. The van der Waals surface area contributed by atoms with Crippen molar-refractivity contribution in [1.29, 1.82) is 0 Å². The van der Waals surface area contributed by atoms with E-state index in [2.05, 4.69) is 62.5 Å². The zero-order valence-electron chi connectivity index (χ0n) is 24.0. The SMILES string of the molecule is CCCCN(CCCC)[P+](CCCC)(N(CCCC)CCCC)N(CCCC)CCCC.[Br-]. The fourth-order valence-corrected chi connectivity index (χ4v) is 10.1. The highest BCUT2D eigenvalue weighted by Crippen LogP contribution is 2.68. The van der Waals surface area contributed by atoms with E-state index in [1.807, 2.05) is 0 Å². The lowest BCUT2D eigenvalue weighted by molar-refractivity contribution is -0.00000769. The van der Waals surface area contributed by atoms with Gasteiger partial charge in [-0.1, -0.05) is 93.4 Å². The molecule has 0 N–H and O–H groups in total. The molecule has 0 radical (unpaired) electrons. The molecule has 0 aromatic carbocycles. The summed E-state index contributed by atoms with van der Waals surface area (Å²) in [7, 11) is -1.52. The van der Waals surface area contributed by atoms with Gasteiger partial charge in [-0.25, -0.2) is 0 Å². The van der Waals surface area contributed by atoms with Gasteiger partial charge in [-0.15, -0.1) is 14.0 Å². The fraction of sp³-hybridized carbons (Fsp3) is 1.00. The molecule has 0 aliphatic carbocycles. The predicted octanol–water partition coefficient (Wildman–Crippen LogP) is 6.26. The Morgan fingerprint density at radius 1 is 0.364 bits per heavy atom. The van der Waals surface area contributed by atoms with Crippen molar-refractivity contribution in [1.82, 2.24) is 14.0 Å². The largest absolute Gasteiger partial charge is 1.00 e. The zero-order valence-corrected chi connectivity index (χ0v) is 26.5. The topological polar surface area (TPSA) is 9.72 Å². The molecule has 0 aliphatic heterocycles. The van der Waals surface area contributed by atoms with E-state index in [9.17, 15) is 0 Å². The number of rotatable bonds is 24. The molecule has 202 valence electrons. The summed E-state index contributed by atoms with van der Waals surface area (Å²) in [6.07, 6.45) is 20.1. The van der Waals surface area contributed by atoms with Crippen LogP contribution in [0.15, 0.2) is 0 Å². The Morgan fingerprint density at radius 2 is 0.576 bits per heavy atom. The van der Waals surface area contributed by atoms with Crippen LogP contribution < -0.4 is 17.0 Å². The van der Waals surface area contributed by atoms with Gasteiger partial charge in [0.05, 0.1) is 0 Å². The van der Waals surface area contributed by atoms with Crippen molar-refractivity contribution >= 4 is 7.71 Å². The van der Waals surface area contributed by atoms with Crippen LogP contribution in [0, 0.1) is 0 Å². The molecule has 0 unspecified atom stereocenters. The number of hydrogen-bond donors (Lipinski definition) is 0. The van der Waals surface area contributed by atoms with Gasteiger partial charge in [-0.3, -0.25) is 0 Å². The number of hydrogen-bond acceptors (Lipinski definition) is 3. The first-order chi connectivity index (χ1) is 15.6. The Hall–Kier alpha value is 0.790. The van der Waals surface area contributed by atoms with Gasteiger partial charge in [0.2, 0.25) is 7.71 Å². The zero-order chi connectivity index (χ0) is 24.1. The van der Waals surface area contributed by atoms with E-state index in [0.717, 1.165) is 0 Å². The quantitative estimate of drug-likeness (QED) is 0.131. The van der Waals surface area contributed by atoms with E-state index < -0.39 is 7.71 Å². The Balaban J connectivity index is 0. The number of nitrogens with zero attached hydrogens (tertiary/aromatic N) is 3. The van der Waals surface area contributed by atoms with E-state index in [1.165, 1.54) is 135 Å². The minimum absolute atomic E-state index is 0. The lowest BCUT2D eigenvalue weighted by Gasteiger charge is -2.48. The molecule has 0 amide bonds. The van der Waals surface area contributed by atoms with Gasteiger partial charge >= 0.3 is 0 Å². The summed E-state index contributed by atoms with van der Waals surface area (Å²) in [5.41, 5.74) is 0. The number of halogens is 1. The summed E-state index contributed by atoms with van der Waals surface area (Å²) in [5, 5.41) is 0. The van der Waals surface area contributed by atoms with Crippen molar-refractivity contribution in [2.45, 2.75) is 138 Å². The second-order valence-electron chi connectivity index (χ2n) is 9.75. The van der Waals surface area contributed by atoms with Gasteiger partial charge in [0.1, 0.15) is 6.16 Å². The van der Waals surface area contributed by atoms with E-state index in [-0.39, 0.29) is 17.0 Å². The maximum absolute atomic E-state index is 3.09. The lowest BCUT2D eigenvalue weighted by atomic mass is 10.3. The second-order valence-corrected chi connectivity index (χ2v) is 13.3. The summed E-state index contributed by atoms with van der Waals surface area (Å²) in [5.74, 6) is 0. The molecule has 0 atom stereocenters. The van der Waals surface area contributed by atoms with Crippen LogP contribution in [-0.2, 0) is 0 Å². The van der Waals surface area contributed by atoms with Gasteiger partial charge < -0.3 is 17.0 Å². The van der Waals surface area contributed by atoms with Gasteiger partial charge in [0.25, 0.3) is 0 Å². The first-order valence-electron chi connectivity index (χ1n) is 14.8. The molecular weight excluding hydrogens is 489 g/mol. The molecule has 0 aliphatic rings. The molecule has 0 aromatic rings. The first kappa shape index (κ1) is 35.9. The van der Waals surface area contributed by atoms with E-state index in [1.54, 1.807) is 0 Å². The molecule has 0 heterocycles. The van der Waals surface area contributed by atoms with Crippen molar-refractivity contribution in [3.05, 3.63) is 0 Å². The average molecular weight is 553 g/mol. The summed E-state index contributed by atoms with van der Waals surface area (Å²) in [6.45, 7) is 24.5. The Kier molecular flexibility index (Phi) is 26.7. The molecule has 0 spiro atoms. The van der Waals surface area contributed by atoms with Gasteiger partial charge in [-0.2, -0.15) is 0 Å². The van der Waals surface area contributed by atoms with Crippen molar-refractivity contribution < 1.29 is 17.0 Å². The average Bonchev–Trinajstić information content (AvgIpc) is 2.81. The summed E-state index contributed by atoms with van der Waals surface area (Å²) in [4.78, 5) is 0. The predicted molar refractivity (Wildman–Crippen MR) is 151 cm³/mol. The van der Waals surface area contributed by atoms with Crippen molar-refractivity contribution in [2.24, 2.45) is 0 Å². The van der Waals surface area contributed by atoms with Crippen LogP contribution in [0.5, 0.6) is 0 Å². The summed E-state index contributed by atoms with van der Waals surface area (Å²) >= 11 is 0. The molecule has 3 nitrogen and oxygen atoms in total.